The van der Waals surface area contributed by atoms with Crippen molar-refractivity contribution in [1.29, 1.82) is 0 Å². The number of ether oxygens (including phenoxy) is 2. The van der Waals surface area contributed by atoms with E-state index in [1.807, 2.05) is 13.0 Å². The highest BCUT2D eigenvalue weighted by molar-refractivity contribution is 5.80. The van der Waals surface area contributed by atoms with Crippen LogP contribution in [-0.2, 0) is 9.53 Å². The quantitative estimate of drug-likeness (QED) is 0.745. The Hall–Kier alpha value is -1.59. The van der Waals surface area contributed by atoms with E-state index >= 15 is 0 Å². The second-order valence-corrected chi connectivity index (χ2v) is 4.74. The molecule has 0 aliphatic rings. The smallest absolute Gasteiger partial charge is 0.260 e. The molecule has 0 radical (unpaired) electrons. The number of rotatable bonds is 7. The summed E-state index contributed by atoms with van der Waals surface area (Å²) in [6.45, 7) is 6.23. The molecule has 2 atom stereocenters. The molecule has 2 N–H and O–H groups in total. The number of carbonyl (C=O) groups excluding carboxylic acids is 1. The molecule has 0 saturated heterocycles. The minimum Gasteiger partial charge on any atom is -0.481 e. The van der Waals surface area contributed by atoms with Crippen molar-refractivity contribution in [1.82, 2.24) is 5.32 Å². The van der Waals surface area contributed by atoms with Crippen molar-refractivity contribution in [3.8, 4) is 5.75 Å². The number of amides is 1. The molecule has 1 aromatic carbocycles. The highest BCUT2D eigenvalue weighted by Crippen LogP contribution is 2.23. The number of hydrogen-bond donors (Lipinski definition) is 2. The van der Waals surface area contributed by atoms with E-state index in [9.17, 15) is 9.90 Å². The highest BCUT2D eigenvalue weighted by Gasteiger charge is 2.15. The molecule has 0 spiro atoms. The van der Waals surface area contributed by atoms with Crippen LogP contribution in [0.1, 0.15) is 31.1 Å². The first-order valence-electron chi connectivity index (χ1n) is 6.67. The van der Waals surface area contributed by atoms with Gasteiger partial charge in [-0.25, -0.2) is 0 Å². The Morgan fingerprint density at radius 3 is 2.65 bits per heavy atom. The molecule has 0 aromatic heterocycles. The largest absolute Gasteiger partial charge is 0.481 e. The van der Waals surface area contributed by atoms with Gasteiger partial charge in [0.1, 0.15) is 5.75 Å². The average Bonchev–Trinajstić information content (AvgIpc) is 2.40. The SMILES string of the molecule is COCCNC(=O)C(C)Oc1ccc(C(C)O)cc1C. The number of benzene rings is 1. The van der Waals surface area contributed by atoms with E-state index in [4.69, 9.17) is 9.47 Å². The van der Waals surface area contributed by atoms with E-state index < -0.39 is 12.2 Å². The Balaban J connectivity index is 2.61. The van der Waals surface area contributed by atoms with E-state index in [1.165, 1.54) is 0 Å². The average molecular weight is 281 g/mol. The van der Waals surface area contributed by atoms with Crippen molar-refractivity contribution in [2.24, 2.45) is 0 Å². The first-order chi connectivity index (χ1) is 9.45. The van der Waals surface area contributed by atoms with Crippen LogP contribution in [0.15, 0.2) is 18.2 Å². The van der Waals surface area contributed by atoms with E-state index in [1.54, 1.807) is 33.1 Å². The van der Waals surface area contributed by atoms with Gasteiger partial charge in [0.25, 0.3) is 5.91 Å². The molecule has 5 nitrogen and oxygen atoms in total. The summed E-state index contributed by atoms with van der Waals surface area (Å²) in [5.74, 6) is 0.463. The van der Waals surface area contributed by atoms with Gasteiger partial charge in [-0.2, -0.15) is 0 Å². The lowest BCUT2D eigenvalue weighted by Gasteiger charge is -2.17. The summed E-state index contributed by atoms with van der Waals surface area (Å²) in [5, 5.41) is 12.2. The second-order valence-electron chi connectivity index (χ2n) is 4.74. The second kappa shape index (κ2) is 7.87. The Bertz CT molecular complexity index is 445. The van der Waals surface area contributed by atoms with Crippen LogP contribution in [0.5, 0.6) is 5.75 Å². The lowest BCUT2D eigenvalue weighted by Crippen LogP contribution is -2.38. The molecule has 0 aliphatic carbocycles. The molecule has 112 valence electrons. The molecular weight excluding hydrogens is 258 g/mol. The van der Waals surface area contributed by atoms with Gasteiger partial charge in [-0.3, -0.25) is 4.79 Å². The molecule has 0 heterocycles. The van der Waals surface area contributed by atoms with Crippen LogP contribution < -0.4 is 10.1 Å². The number of methoxy groups -OCH3 is 1. The van der Waals surface area contributed by atoms with Gasteiger partial charge in [0, 0.05) is 13.7 Å². The van der Waals surface area contributed by atoms with Crippen LogP contribution in [-0.4, -0.2) is 37.4 Å². The van der Waals surface area contributed by atoms with E-state index in [-0.39, 0.29) is 5.91 Å². The van der Waals surface area contributed by atoms with Crippen molar-refractivity contribution < 1.29 is 19.4 Å². The number of hydrogen-bond acceptors (Lipinski definition) is 4. The van der Waals surface area contributed by atoms with Crippen LogP contribution >= 0.6 is 0 Å². The highest BCUT2D eigenvalue weighted by atomic mass is 16.5. The van der Waals surface area contributed by atoms with Crippen LogP contribution in [0.3, 0.4) is 0 Å². The molecular formula is C15H23NO4. The van der Waals surface area contributed by atoms with E-state index in [0.29, 0.717) is 18.9 Å². The fraction of sp³-hybridized carbons (Fsp3) is 0.533. The van der Waals surface area contributed by atoms with Crippen molar-refractivity contribution in [2.75, 3.05) is 20.3 Å². The van der Waals surface area contributed by atoms with Gasteiger partial charge in [0.05, 0.1) is 12.7 Å². The fourth-order valence-electron chi connectivity index (χ4n) is 1.73. The minimum absolute atomic E-state index is 0.180. The third-order valence-electron chi connectivity index (χ3n) is 2.96. The third-order valence-corrected chi connectivity index (χ3v) is 2.96. The number of carbonyl (C=O) groups is 1. The van der Waals surface area contributed by atoms with Gasteiger partial charge in [-0.05, 0) is 44.0 Å². The fourth-order valence-corrected chi connectivity index (χ4v) is 1.73. The van der Waals surface area contributed by atoms with E-state index in [0.717, 1.165) is 11.1 Å². The Morgan fingerprint density at radius 1 is 1.40 bits per heavy atom. The summed E-state index contributed by atoms with van der Waals surface area (Å²) >= 11 is 0. The maximum absolute atomic E-state index is 11.8. The van der Waals surface area contributed by atoms with Gasteiger partial charge >= 0.3 is 0 Å². The van der Waals surface area contributed by atoms with Crippen molar-refractivity contribution in [3.05, 3.63) is 29.3 Å². The topological polar surface area (TPSA) is 67.8 Å². The summed E-state index contributed by atoms with van der Waals surface area (Å²) in [4.78, 5) is 11.8. The Kier molecular flexibility index (Phi) is 6.48. The van der Waals surface area contributed by atoms with Gasteiger partial charge < -0.3 is 19.9 Å². The number of aryl methyl sites for hydroxylation is 1. The zero-order valence-corrected chi connectivity index (χ0v) is 12.5. The Labute approximate surface area is 119 Å². The molecule has 5 heteroatoms. The number of nitrogens with one attached hydrogen (secondary N) is 1. The van der Waals surface area contributed by atoms with Gasteiger partial charge in [-0.1, -0.05) is 6.07 Å². The van der Waals surface area contributed by atoms with Gasteiger partial charge in [0.2, 0.25) is 0 Å². The molecule has 1 aromatic rings. The molecule has 0 aliphatic heterocycles. The van der Waals surface area contributed by atoms with Crippen LogP contribution in [0.2, 0.25) is 0 Å². The lowest BCUT2D eigenvalue weighted by atomic mass is 10.1. The van der Waals surface area contributed by atoms with Crippen molar-refractivity contribution in [2.45, 2.75) is 33.0 Å². The molecule has 0 fully saturated rings. The molecule has 0 saturated carbocycles. The van der Waals surface area contributed by atoms with Crippen LogP contribution in [0.25, 0.3) is 0 Å². The van der Waals surface area contributed by atoms with Gasteiger partial charge in [0.15, 0.2) is 6.10 Å². The molecule has 1 amide bonds. The molecule has 2 unspecified atom stereocenters. The molecule has 20 heavy (non-hydrogen) atoms. The van der Waals surface area contributed by atoms with E-state index in [2.05, 4.69) is 5.32 Å². The zero-order chi connectivity index (χ0) is 15.1. The standard InChI is InChI=1S/C15H23NO4/c1-10-9-13(11(2)17)5-6-14(10)20-12(3)15(18)16-7-8-19-4/h5-6,9,11-12,17H,7-8H2,1-4H3,(H,16,18). The first kappa shape index (κ1) is 16.5. The first-order valence-corrected chi connectivity index (χ1v) is 6.67. The monoisotopic (exact) mass is 281 g/mol. The summed E-state index contributed by atoms with van der Waals surface area (Å²) in [6.07, 6.45) is -1.10. The van der Waals surface area contributed by atoms with Crippen molar-refractivity contribution >= 4 is 5.91 Å². The third kappa shape index (κ3) is 4.83. The summed E-state index contributed by atoms with van der Waals surface area (Å²) in [5.41, 5.74) is 1.71. The summed E-state index contributed by atoms with van der Waals surface area (Å²) in [6, 6.07) is 5.43. The Morgan fingerprint density at radius 2 is 2.10 bits per heavy atom. The maximum Gasteiger partial charge on any atom is 0.260 e. The van der Waals surface area contributed by atoms with Crippen LogP contribution in [0, 0.1) is 6.92 Å². The van der Waals surface area contributed by atoms with Crippen LogP contribution in [0.4, 0.5) is 0 Å². The number of aliphatic hydroxyl groups is 1. The molecule has 1 rings (SSSR count). The summed E-state index contributed by atoms with van der Waals surface area (Å²) < 4.78 is 10.5. The predicted octanol–water partition coefficient (Wildman–Crippen LogP) is 1.58. The molecule has 0 bridgehead atoms. The maximum atomic E-state index is 11.8. The van der Waals surface area contributed by atoms with Crippen molar-refractivity contribution in [3.63, 3.8) is 0 Å². The number of aliphatic hydroxyl groups excluding tert-OH is 1. The minimum atomic E-state index is -0.581. The lowest BCUT2D eigenvalue weighted by molar-refractivity contribution is -0.127. The summed E-state index contributed by atoms with van der Waals surface area (Å²) in [7, 11) is 1.58. The van der Waals surface area contributed by atoms with Gasteiger partial charge in [-0.15, -0.1) is 0 Å². The zero-order valence-electron chi connectivity index (χ0n) is 12.5. The predicted molar refractivity (Wildman–Crippen MR) is 76.8 cm³/mol. The normalized spacial score (nSPS) is 13.7.